The summed E-state index contributed by atoms with van der Waals surface area (Å²) in [5.74, 6) is 0.849. The van der Waals surface area contributed by atoms with Crippen LogP contribution >= 0.6 is 0 Å². The van der Waals surface area contributed by atoms with Crippen molar-refractivity contribution in [2.75, 3.05) is 34.5 Å². The Bertz CT molecular complexity index is 638. The van der Waals surface area contributed by atoms with Crippen LogP contribution in [-0.4, -0.2) is 40.4 Å². The van der Waals surface area contributed by atoms with E-state index in [0.29, 0.717) is 31.1 Å². The SMILES string of the molecule is COCCCNC(=O)/C(C#N)=C\NC(C)c1ccc(OC)c(OC)c1. The van der Waals surface area contributed by atoms with E-state index in [1.54, 1.807) is 21.3 Å². The van der Waals surface area contributed by atoms with Crippen molar-refractivity contribution in [1.82, 2.24) is 10.6 Å². The average Bonchev–Trinajstić information content (AvgIpc) is 2.64. The number of nitriles is 1. The second kappa shape index (κ2) is 10.9. The maximum atomic E-state index is 12.0. The first-order chi connectivity index (χ1) is 12.1. The number of hydrogen-bond donors (Lipinski definition) is 2. The number of nitrogens with zero attached hydrogens (tertiary/aromatic N) is 1. The fourth-order valence-corrected chi connectivity index (χ4v) is 2.09. The van der Waals surface area contributed by atoms with Crippen molar-refractivity contribution in [1.29, 1.82) is 5.26 Å². The summed E-state index contributed by atoms with van der Waals surface area (Å²) in [5, 5.41) is 14.9. The van der Waals surface area contributed by atoms with Crippen molar-refractivity contribution in [3.8, 4) is 17.6 Å². The maximum absolute atomic E-state index is 12.0. The summed E-state index contributed by atoms with van der Waals surface area (Å²) in [6, 6.07) is 7.33. The van der Waals surface area contributed by atoms with Gasteiger partial charge in [0.2, 0.25) is 0 Å². The molecule has 1 rings (SSSR count). The molecule has 1 aromatic carbocycles. The molecular weight excluding hydrogens is 322 g/mol. The van der Waals surface area contributed by atoms with Gasteiger partial charge in [0.1, 0.15) is 11.6 Å². The Morgan fingerprint density at radius 1 is 1.28 bits per heavy atom. The predicted octanol–water partition coefficient (Wildman–Crippen LogP) is 1.91. The molecule has 0 aliphatic heterocycles. The van der Waals surface area contributed by atoms with Crippen LogP contribution in [0.5, 0.6) is 11.5 Å². The number of amides is 1. The lowest BCUT2D eigenvalue weighted by atomic mass is 10.1. The van der Waals surface area contributed by atoms with E-state index < -0.39 is 5.91 Å². The summed E-state index contributed by atoms with van der Waals surface area (Å²) in [7, 11) is 4.75. The number of benzene rings is 1. The van der Waals surface area contributed by atoms with Gasteiger partial charge in [0.25, 0.3) is 5.91 Å². The molecule has 0 aromatic heterocycles. The number of rotatable bonds is 10. The molecule has 0 heterocycles. The van der Waals surface area contributed by atoms with Gasteiger partial charge < -0.3 is 24.8 Å². The molecule has 0 bridgehead atoms. The largest absolute Gasteiger partial charge is 0.493 e. The Morgan fingerprint density at radius 2 is 2.00 bits per heavy atom. The highest BCUT2D eigenvalue weighted by atomic mass is 16.5. The number of hydrogen-bond acceptors (Lipinski definition) is 6. The van der Waals surface area contributed by atoms with Crippen LogP contribution in [0.1, 0.15) is 24.9 Å². The summed E-state index contributed by atoms with van der Waals surface area (Å²) >= 11 is 0. The van der Waals surface area contributed by atoms with E-state index in [1.807, 2.05) is 31.2 Å². The molecule has 1 unspecified atom stereocenters. The highest BCUT2D eigenvalue weighted by Crippen LogP contribution is 2.29. The smallest absolute Gasteiger partial charge is 0.263 e. The Hall–Kier alpha value is -2.72. The van der Waals surface area contributed by atoms with Gasteiger partial charge in [0.15, 0.2) is 11.5 Å². The lowest BCUT2D eigenvalue weighted by Gasteiger charge is -2.15. The summed E-state index contributed by atoms with van der Waals surface area (Å²) < 4.78 is 15.4. The number of carbonyl (C=O) groups excluding carboxylic acids is 1. The van der Waals surface area contributed by atoms with Gasteiger partial charge in [-0.1, -0.05) is 6.07 Å². The van der Waals surface area contributed by atoms with E-state index in [4.69, 9.17) is 19.5 Å². The van der Waals surface area contributed by atoms with Gasteiger partial charge in [-0.2, -0.15) is 5.26 Å². The number of carbonyl (C=O) groups is 1. The molecule has 1 atom stereocenters. The van der Waals surface area contributed by atoms with E-state index in [0.717, 1.165) is 5.56 Å². The Labute approximate surface area is 148 Å². The fraction of sp³-hybridized carbons (Fsp3) is 0.444. The van der Waals surface area contributed by atoms with Crippen LogP contribution < -0.4 is 20.1 Å². The van der Waals surface area contributed by atoms with Crippen molar-refractivity contribution in [2.24, 2.45) is 0 Å². The quantitative estimate of drug-likeness (QED) is 0.382. The zero-order chi connectivity index (χ0) is 18.7. The van der Waals surface area contributed by atoms with Crippen molar-refractivity contribution in [3.05, 3.63) is 35.5 Å². The highest BCUT2D eigenvalue weighted by Gasteiger charge is 2.11. The normalized spacial score (nSPS) is 12.0. The minimum atomic E-state index is -0.411. The van der Waals surface area contributed by atoms with E-state index in [1.165, 1.54) is 6.20 Å². The number of ether oxygens (including phenoxy) is 3. The lowest BCUT2D eigenvalue weighted by molar-refractivity contribution is -0.117. The summed E-state index contributed by atoms with van der Waals surface area (Å²) in [5.41, 5.74) is 0.955. The topological polar surface area (TPSA) is 92.6 Å². The third-order valence-electron chi connectivity index (χ3n) is 3.56. The molecule has 1 aromatic rings. The molecule has 136 valence electrons. The van der Waals surface area contributed by atoms with Gasteiger partial charge in [-0.05, 0) is 31.0 Å². The molecule has 0 radical (unpaired) electrons. The molecule has 0 fully saturated rings. The second-order valence-electron chi connectivity index (χ2n) is 5.27. The van der Waals surface area contributed by atoms with Crippen LogP contribution in [-0.2, 0) is 9.53 Å². The molecular formula is C18H25N3O4. The maximum Gasteiger partial charge on any atom is 0.263 e. The zero-order valence-electron chi connectivity index (χ0n) is 15.1. The van der Waals surface area contributed by atoms with Crippen LogP contribution in [0.2, 0.25) is 0 Å². The second-order valence-corrected chi connectivity index (χ2v) is 5.27. The lowest BCUT2D eigenvalue weighted by Crippen LogP contribution is -2.27. The zero-order valence-corrected chi connectivity index (χ0v) is 15.1. The Balaban J connectivity index is 2.71. The van der Waals surface area contributed by atoms with Gasteiger partial charge in [0, 0.05) is 32.5 Å². The van der Waals surface area contributed by atoms with E-state index in [-0.39, 0.29) is 11.6 Å². The molecule has 7 nitrogen and oxygen atoms in total. The van der Waals surface area contributed by atoms with Crippen LogP contribution in [0.15, 0.2) is 30.0 Å². The monoisotopic (exact) mass is 347 g/mol. The van der Waals surface area contributed by atoms with E-state index in [9.17, 15) is 4.79 Å². The fourth-order valence-electron chi connectivity index (χ4n) is 2.09. The first kappa shape index (κ1) is 20.3. The van der Waals surface area contributed by atoms with Crippen molar-refractivity contribution in [3.63, 3.8) is 0 Å². The molecule has 7 heteroatoms. The van der Waals surface area contributed by atoms with Gasteiger partial charge >= 0.3 is 0 Å². The van der Waals surface area contributed by atoms with E-state index in [2.05, 4.69) is 10.6 Å². The number of nitrogens with one attached hydrogen (secondary N) is 2. The van der Waals surface area contributed by atoms with Gasteiger partial charge in [0.05, 0.1) is 14.2 Å². The molecule has 2 N–H and O–H groups in total. The molecule has 0 saturated heterocycles. The molecule has 0 saturated carbocycles. The van der Waals surface area contributed by atoms with Crippen molar-refractivity contribution < 1.29 is 19.0 Å². The first-order valence-electron chi connectivity index (χ1n) is 7.92. The Kier molecular flexibility index (Phi) is 8.90. The van der Waals surface area contributed by atoms with Crippen LogP contribution in [0.25, 0.3) is 0 Å². The van der Waals surface area contributed by atoms with E-state index >= 15 is 0 Å². The van der Waals surface area contributed by atoms with Crippen LogP contribution in [0.3, 0.4) is 0 Å². The van der Waals surface area contributed by atoms with Crippen molar-refractivity contribution >= 4 is 5.91 Å². The number of methoxy groups -OCH3 is 3. The minimum Gasteiger partial charge on any atom is -0.493 e. The molecule has 0 aliphatic carbocycles. The standard InChI is InChI=1S/C18H25N3O4/c1-13(14-6-7-16(24-3)17(10-14)25-4)21-12-15(11-19)18(22)20-8-5-9-23-2/h6-7,10,12-13,21H,5,8-9H2,1-4H3,(H,20,22)/b15-12-. The molecule has 0 spiro atoms. The summed E-state index contributed by atoms with van der Waals surface area (Å²) in [6.07, 6.45) is 2.11. The summed E-state index contributed by atoms with van der Waals surface area (Å²) in [4.78, 5) is 12.0. The third-order valence-corrected chi connectivity index (χ3v) is 3.56. The summed E-state index contributed by atoms with van der Waals surface area (Å²) in [6.45, 7) is 2.93. The minimum absolute atomic E-state index is 0.0183. The molecule has 1 amide bonds. The Morgan fingerprint density at radius 3 is 2.60 bits per heavy atom. The molecule has 0 aliphatic rings. The third kappa shape index (κ3) is 6.36. The first-order valence-corrected chi connectivity index (χ1v) is 7.92. The van der Waals surface area contributed by atoms with Crippen molar-refractivity contribution in [2.45, 2.75) is 19.4 Å². The van der Waals surface area contributed by atoms with Crippen LogP contribution in [0, 0.1) is 11.3 Å². The average molecular weight is 347 g/mol. The molecule has 25 heavy (non-hydrogen) atoms. The van der Waals surface area contributed by atoms with Gasteiger partial charge in [-0.15, -0.1) is 0 Å². The van der Waals surface area contributed by atoms with Gasteiger partial charge in [-0.3, -0.25) is 4.79 Å². The van der Waals surface area contributed by atoms with Gasteiger partial charge in [-0.25, -0.2) is 0 Å². The van der Waals surface area contributed by atoms with Crippen LogP contribution in [0.4, 0.5) is 0 Å². The predicted molar refractivity (Wildman–Crippen MR) is 94.3 cm³/mol. The highest BCUT2D eigenvalue weighted by molar-refractivity contribution is 5.97.